The molecule has 0 aliphatic heterocycles. The summed E-state index contributed by atoms with van der Waals surface area (Å²) in [5.74, 6) is 0. The van der Waals surface area contributed by atoms with Crippen LogP contribution in [0.15, 0.2) is 34.9 Å². The first-order valence-electron chi connectivity index (χ1n) is 7.26. The number of nitrogens with zero attached hydrogens (tertiary/aromatic N) is 2. The van der Waals surface area contributed by atoms with Crippen LogP contribution in [0.1, 0.15) is 43.0 Å². The van der Waals surface area contributed by atoms with Crippen LogP contribution in [0.25, 0.3) is 0 Å². The maximum absolute atomic E-state index is 4.69. The number of hydrogen-bond donors (Lipinski definition) is 1. The summed E-state index contributed by atoms with van der Waals surface area (Å²) in [4.78, 5) is 0. The van der Waals surface area contributed by atoms with E-state index in [0.29, 0.717) is 6.04 Å². The molecular formula is C16H20BrN3. The van der Waals surface area contributed by atoms with Crippen molar-refractivity contribution in [3.8, 4) is 0 Å². The van der Waals surface area contributed by atoms with Gasteiger partial charge in [-0.05, 0) is 59.5 Å². The van der Waals surface area contributed by atoms with E-state index in [9.17, 15) is 0 Å². The van der Waals surface area contributed by atoms with Crippen LogP contribution in [0, 0.1) is 6.92 Å². The molecule has 1 fully saturated rings. The Balaban J connectivity index is 1.63. The first-order chi connectivity index (χ1) is 9.72. The zero-order chi connectivity index (χ0) is 13.9. The lowest BCUT2D eigenvalue weighted by atomic mass is 10.2. The maximum atomic E-state index is 4.69. The van der Waals surface area contributed by atoms with Crippen LogP contribution >= 0.6 is 15.9 Å². The lowest BCUT2D eigenvalue weighted by Gasteiger charge is -2.10. The second-order valence-electron chi connectivity index (χ2n) is 5.56. The van der Waals surface area contributed by atoms with Crippen molar-refractivity contribution in [1.29, 1.82) is 0 Å². The van der Waals surface area contributed by atoms with Gasteiger partial charge in [-0.15, -0.1) is 0 Å². The predicted molar refractivity (Wildman–Crippen MR) is 85.9 cm³/mol. The van der Waals surface area contributed by atoms with Crippen molar-refractivity contribution in [1.82, 2.24) is 9.78 Å². The summed E-state index contributed by atoms with van der Waals surface area (Å²) in [7, 11) is 0. The highest BCUT2D eigenvalue weighted by Crippen LogP contribution is 2.29. The molecule has 1 N–H and O–H groups in total. The van der Waals surface area contributed by atoms with Crippen molar-refractivity contribution >= 4 is 21.6 Å². The third-order valence-electron chi connectivity index (χ3n) is 3.95. The summed E-state index contributed by atoms with van der Waals surface area (Å²) >= 11 is 3.59. The molecule has 0 bridgehead atoms. The number of halogens is 1. The van der Waals surface area contributed by atoms with Gasteiger partial charge in [-0.1, -0.05) is 18.9 Å². The maximum Gasteiger partial charge on any atom is 0.0815 e. The monoisotopic (exact) mass is 333 g/mol. The Morgan fingerprint density at radius 3 is 2.85 bits per heavy atom. The summed E-state index contributed by atoms with van der Waals surface area (Å²) in [6.07, 6.45) is 7.36. The minimum absolute atomic E-state index is 0.620. The van der Waals surface area contributed by atoms with E-state index < -0.39 is 0 Å². The van der Waals surface area contributed by atoms with Gasteiger partial charge in [0.05, 0.1) is 18.3 Å². The molecule has 3 rings (SSSR count). The van der Waals surface area contributed by atoms with Gasteiger partial charge in [0.25, 0.3) is 0 Å². The van der Waals surface area contributed by atoms with Crippen LogP contribution in [0.2, 0.25) is 0 Å². The van der Waals surface area contributed by atoms with E-state index in [1.54, 1.807) is 0 Å². The molecule has 1 aliphatic rings. The molecule has 1 aliphatic carbocycles. The van der Waals surface area contributed by atoms with Gasteiger partial charge >= 0.3 is 0 Å². The largest absolute Gasteiger partial charge is 0.378 e. The fourth-order valence-corrected chi connectivity index (χ4v) is 3.43. The molecule has 1 aromatic heterocycles. The van der Waals surface area contributed by atoms with Gasteiger partial charge in [-0.3, -0.25) is 4.68 Å². The molecule has 1 heterocycles. The van der Waals surface area contributed by atoms with Crippen LogP contribution in [0.3, 0.4) is 0 Å². The topological polar surface area (TPSA) is 29.9 Å². The van der Waals surface area contributed by atoms with Gasteiger partial charge in [0.1, 0.15) is 0 Å². The van der Waals surface area contributed by atoms with Crippen molar-refractivity contribution in [3.63, 3.8) is 0 Å². The van der Waals surface area contributed by atoms with E-state index in [1.165, 1.54) is 31.2 Å². The predicted octanol–water partition coefficient (Wildman–Crippen LogP) is 4.68. The van der Waals surface area contributed by atoms with Gasteiger partial charge in [-0.2, -0.15) is 5.10 Å². The smallest absolute Gasteiger partial charge is 0.0815 e. The van der Waals surface area contributed by atoms with Gasteiger partial charge in [0.2, 0.25) is 0 Å². The summed E-state index contributed by atoms with van der Waals surface area (Å²) < 4.78 is 3.25. The summed E-state index contributed by atoms with van der Waals surface area (Å²) in [6, 6.07) is 9.08. The Hall–Kier alpha value is -1.29. The molecule has 0 unspecified atom stereocenters. The van der Waals surface area contributed by atoms with Crippen LogP contribution in [-0.2, 0) is 6.54 Å². The number of hydrogen-bond acceptors (Lipinski definition) is 2. The minimum atomic E-state index is 0.620. The molecule has 20 heavy (non-hydrogen) atoms. The van der Waals surface area contributed by atoms with Crippen molar-refractivity contribution in [2.75, 3.05) is 5.32 Å². The average Bonchev–Trinajstić information content (AvgIpc) is 3.08. The molecule has 0 amide bonds. The Morgan fingerprint density at radius 1 is 1.30 bits per heavy atom. The summed E-state index contributed by atoms with van der Waals surface area (Å²) in [5.41, 5.74) is 3.48. The zero-order valence-electron chi connectivity index (χ0n) is 11.8. The first-order valence-corrected chi connectivity index (χ1v) is 8.06. The van der Waals surface area contributed by atoms with E-state index in [0.717, 1.165) is 22.4 Å². The molecule has 0 saturated heterocycles. The quantitative estimate of drug-likeness (QED) is 0.880. The molecule has 1 saturated carbocycles. The normalized spacial score (nSPS) is 15.7. The fourth-order valence-electron chi connectivity index (χ4n) is 2.79. The molecule has 3 nitrogen and oxygen atoms in total. The lowest BCUT2D eigenvalue weighted by Crippen LogP contribution is -2.07. The van der Waals surface area contributed by atoms with Gasteiger partial charge in [0.15, 0.2) is 0 Å². The van der Waals surface area contributed by atoms with Gasteiger partial charge < -0.3 is 5.32 Å². The molecule has 1 aromatic carbocycles. The van der Waals surface area contributed by atoms with E-state index in [2.05, 4.69) is 63.3 Å². The summed E-state index contributed by atoms with van der Waals surface area (Å²) in [6.45, 7) is 2.86. The number of anilines is 1. The molecule has 0 spiro atoms. The number of benzene rings is 1. The van der Waals surface area contributed by atoms with Gasteiger partial charge in [-0.25, -0.2) is 0 Å². The first kappa shape index (κ1) is 13.7. The molecule has 0 radical (unpaired) electrons. The zero-order valence-corrected chi connectivity index (χ0v) is 13.4. The Labute approximate surface area is 128 Å². The Kier molecular flexibility index (Phi) is 4.10. The Morgan fingerprint density at radius 2 is 2.10 bits per heavy atom. The highest BCUT2D eigenvalue weighted by atomic mass is 79.9. The average molecular weight is 334 g/mol. The molecule has 4 heteroatoms. The lowest BCUT2D eigenvalue weighted by molar-refractivity contribution is 0.463. The molecule has 0 atom stereocenters. The number of aryl methyl sites for hydroxylation is 1. The van der Waals surface area contributed by atoms with Crippen molar-refractivity contribution in [2.45, 2.75) is 45.2 Å². The molecular weight excluding hydrogens is 314 g/mol. The van der Waals surface area contributed by atoms with E-state index in [-0.39, 0.29) is 0 Å². The number of rotatable bonds is 4. The SMILES string of the molecule is Cc1ccc(NCc2ccn(C3CCCC3)n2)c(Br)c1. The molecule has 106 valence electrons. The fraction of sp³-hybridized carbons (Fsp3) is 0.438. The van der Waals surface area contributed by atoms with Crippen molar-refractivity contribution in [2.24, 2.45) is 0 Å². The van der Waals surface area contributed by atoms with Crippen LogP contribution in [0.5, 0.6) is 0 Å². The van der Waals surface area contributed by atoms with Gasteiger partial charge in [0, 0.05) is 16.4 Å². The van der Waals surface area contributed by atoms with E-state index in [4.69, 9.17) is 5.10 Å². The highest BCUT2D eigenvalue weighted by molar-refractivity contribution is 9.10. The van der Waals surface area contributed by atoms with Crippen molar-refractivity contribution in [3.05, 3.63) is 46.2 Å². The highest BCUT2D eigenvalue weighted by Gasteiger charge is 2.17. The Bertz CT molecular complexity index is 585. The number of nitrogens with one attached hydrogen (secondary N) is 1. The van der Waals surface area contributed by atoms with Crippen LogP contribution in [-0.4, -0.2) is 9.78 Å². The van der Waals surface area contributed by atoms with Crippen LogP contribution in [0.4, 0.5) is 5.69 Å². The number of aromatic nitrogens is 2. The third kappa shape index (κ3) is 3.06. The van der Waals surface area contributed by atoms with E-state index in [1.807, 2.05) is 0 Å². The second-order valence-corrected chi connectivity index (χ2v) is 6.42. The minimum Gasteiger partial charge on any atom is -0.378 e. The van der Waals surface area contributed by atoms with E-state index >= 15 is 0 Å². The third-order valence-corrected chi connectivity index (χ3v) is 4.60. The second kappa shape index (κ2) is 6.00. The standard InChI is InChI=1S/C16H20BrN3/c1-12-6-7-16(15(17)10-12)18-11-13-8-9-20(19-13)14-4-2-3-5-14/h6-10,14,18H,2-5,11H2,1H3. The summed E-state index contributed by atoms with van der Waals surface area (Å²) in [5, 5.41) is 8.13. The van der Waals surface area contributed by atoms with Crippen LogP contribution < -0.4 is 5.32 Å². The van der Waals surface area contributed by atoms with Crippen molar-refractivity contribution < 1.29 is 0 Å². The molecule has 2 aromatic rings.